The molecule has 2 N–H and O–H groups in total. The molecule has 0 bridgehead atoms. The van der Waals surface area contributed by atoms with Gasteiger partial charge in [-0.1, -0.05) is 0 Å². The number of methoxy groups -OCH3 is 1. The van der Waals surface area contributed by atoms with Gasteiger partial charge in [-0.25, -0.2) is 12.7 Å². The maximum atomic E-state index is 12.5. The Balaban J connectivity index is 2.06. The standard InChI is InChI=1S/C19H29N3O6S/c1-5-28-19(24)14-7-6-10-22(12-14)13-18(23)20-15-8-9-16(27-4)17(11-15)29(25,26)21(2)3/h8-9,11,14H,5-7,10,12-13H2,1-4H3,(H,20,23)/p+1/t14-/m1/s1. The number of sulfonamides is 1. The molecule has 1 amide bonds. The Hall–Kier alpha value is -2.17. The number of nitrogens with zero attached hydrogens (tertiary/aromatic N) is 1. The van der Waals surface area contributed by atoms with E-state index in [1.165, 1.54) is 33.3 Å². The molecule has 1 saturated heterocycles. The molecule has 0 saturated carbocycles. The fourth-order valence-corrected chi connectivity index (χ4v) is 4.43. The Morgan fingerprint density at radius 2 is 2.03 bits per heavy atom. The lowest BCUT2D eigenvalue weighted by molar-refractivity contribution is -0.899. The number of piperidine rings is 1. The molecular weight excluding hydrogens is 398 g/mol. The van der Waals surface area contributed by atoms with Crippen LogP contribution in [0.15, 0.2) is 23.1 Å². The first-order chi connectivity index (χ1) is 13.7. The van der Waals surface area contributed by atoms with Crippen molar-refractivity contribution in [3.63, 3.8) is 0 Å². The van der Waals surface area contributed by atoms with Crippen LogP contribution in [-0.2, 0) is 24.3 Å². The van der Waals surface area contributed by atoms with Gasteiger partial charge in [-0.15, -0.1) is 0 Å². The van der Waals surface area contributed by atoms with Gasteiger partial charge in [-0.2, -0.15) is 0 Å². The highest BCUT2D eigenvalue weighted by Crippen LogP contribution is 2.28. The zero-order valence-electron chi connectivity index (χ0n) is 17.4. The first kappa shape index (κ1) is 23.1. The van der Waals surface area contributed by atoms with E-state index in [1.807, 2.05) is 0 Å². The quantitative estimate of drug-likeness (QED) is 0.553. The molecule has 10 heteroatoms. The molecule has 1 aliphatic rings. The van der Waals surface area contributed by atoms with Crippen LogP contribution in [0.4, 0.5) is 5.69 Å². The number of rotatable bonds is 8. The number of hydrogen-bond acceptors (Lipinski definition) is 6. The van der Waals surface area contributed by atoms with Gasteiger partial charge in [0, 0.05) is 19.8 Å². The third kappa shape index (κ3) is 5.91. The normalized spacial score (nSPS) is 19.6. The molecule has 2 rings (SSSR count). The summed E-state index contributed by atoms with van der Waals surface area (Å²) in [5.41, 5.74) is 0.370. The van der Waals surface area contributed by atoms with Crippen molar-refractivity contribution in [2.45, 2.75) is 24.7 Å². The average molecular weight is 429 g/mol. The largest absolute Gasteiger partial charge is 0.495 e. The van der Waals surface area contributed by atoms with Crippen LogP contribution in [0, 0.1) is 5.92 Å². The van der Waals surface area contributed by atoms with Gasteiger partial charge >= 0.3 is 5.97 Å². The second kappa shape index (κ2) is 10.0. The van der Waals surface area contributed by atoms with Crippen LogP contribution in [-0.4, -0.2) is 72.0 Å². The highest BCUT2D eigenvalue weighted by Gasteiger charge is 2.31. The number of esters is 1. The lowest BCUT2D eigenvalue weighted by atomic mass is 9.98. The molecule has 1 aromatic rings. The Morgan fingerprint density at radius 1 is 1.31 bits per heavy atom. The van der Waals surface area contributed by atoms with E-state index in [-0.39, 0.29) is 35.0 Å². The molecule has 1 unspecified atom stereocenters. The second-order valence-corrected chi connectivity index (χ2v) is 9.29. The number of benzene rings is 1. The van der Waals surface area contributed by atoms with E-state index in [9.17, 15) is 18.0 Å². The number of quaternary nitrogens is 1. The van der Waals surface area contributed by atoms with Crippen molar-refractivity contribution < 1.29 is 32.4 Å². The van der Waals surface area contributed by atoms with Gasteiger partial charge in [0.25, 0.3) is 5.91 Å². The number of ether oxygens (including phenoxy) is 2. The van der Waals surface area contributed by atoms with Gasteiger partial charge in [0.05, 0.1) is 26.8 Å². The number of likely N-dealkylation sites (tertiary alicyclic amines) is 1. The van der Waals surface area contributed by atoms with E-state index in [0.717, 1.165) is 28.6 Å². The predicted octanol–water partition coefficient (Wildman–Crippen LogP) is -0.258. The minimum absolute atomic E-state index is 0.0181. The predicted molar refractivity (Wildman–Crippen MR) is 107 cm³/mol. The number of carbonyl (C=O) groups excluding carboxylic acids is 2. The lowest BCUT2D eigenvalue weighted by Gasteiger charge is -2.28. The molecular formula is C19H30N3O6S+. The molecule has 1 aromatic carbocycles. The number of amides is 1. The topological polar surface area (TPSA) is 106 Å². The van der Waals surface area contributed by atoms with Crippen LogP contribution in [0.3, 0.4) is 0 Å². The molecule has 1 fully saturated rings. The van der Waals surface area contributed by atoms with Crippen LogP contribution >= 0.6 is 0 Å². The van der Waals surface area contributed by atoms with Crippen molar-refractivity contribution in [1.82, 2.24) is 4.31 Å². The van der Waals surface area contributed by atoms with E-state index >= 15 is 0 Å². The number of hydrogen-bond donors (Lipinski definition) is 2. The third-order valence-corrected chi connectivity index (χ3v) is 6.69. The molecule has 0 spiro atoms. The summed E-state index contributed by atoms with van der Waals surface area (Å²) in [5, 5.41) is 2.75. The number of nitrogens with one attached hydrogen (secondary N) is 2. The van der Waals surface area contributed by atoms with Gasteiger partial charge in [-0.05, 0) is 38.0 Å². The Morgan fingerprint density at radius 3 is 2.66 bits per heavy atom. The molecule has 2 atom stereocenters. The van der Waals surface area contributed by atoms with Crippen molar-refractivity contribution in [2.24, 2.45) is 5.92 Å². The van der Waals surface area contributed by atoms with E-state index < -0.39 is 10.0 Å². The highest BCUT2D eigenvalue weighted by molar-refractivity contribution is 7.89. The molecule has 162 valence electrons. The molecule has 0 aromatic heterocycles. The molecule has 9 nitrogen and oxygen atoms in total. The molecule has 1 heterocycles. The van der Waals surface area contributed by atoms with Gasteiger partial charge < -0.3 is 19.7 Å². The first-order valence-electron chi connectivity index (χ1n) is 9.59. The summed E-state index contributed by atoms with van der Waals surface area (Å²) in [4.78, 5) is 25.4. The zero-order chi connectivity index (χ0) is 21.6. The monoisotopic (exact) mass is 428 g/mol. The van der Waals surface area contributed by atoms with Crippen molar-refractivity contribution in [3.8, 4) is 5.75 Å². The lowest BCUT2D eigenvalue weighted by Crippen LogP contribution is -3.14. The van der Waals surface area contributed by atoms with E-state index in [4.69, 9.17) is 9.47 Å². The van der Waals surface area contributed by atoms with Crippen LogP contribution in [0.5, 0.6) is 5.75 Å². The first-order valence-corrected chi connectivity index (χ1v) is 11.0. The maximum absolute atomic E-state index is 12.5. The molecule has 1 aliphatic heterocycles. The summed E-state index contributed by atoms with van der Waals surface area (Å²) in [7, 11) is 0.524. The van der Waals surface area contributed by atoms with Gasteiger partial charge in [0.2, 0.25) is 10.0 Å². The maximum Gasteiger partial charge on any atom is 0.314 e. The fourth-order valence-electron chi connectivity index (χ4n) is 3.36. The minimum atomic E-state index is -3.73. The third-order valence-electron chi connectivity index (χ3n) is 4.85. The fraction of sp³-hybridized carbons (Fsp3) is 0.579. The Bertz CT molecular complexity index is 840. The smallest absolute Gasteiger partial charge is 0.314 e. The second-order valence-electron chi connectivity index (χ2n) is 7.17. The Kier molecular flexibility index (Phi) is 8.00. The van der Waals surface area contributed by atoms with Crippen LogP contribution < -0.4 is 15.0 Å². The summed E-state index contributed by atoms with van der Waals surface area (Å²) < 4.78 is 36.3. The van der Waals surface area contributed by atoms with Crippen molar-refractivity contribution >= 4 is 27.6 Å². The van der Waals surface area contributed by atoms with E-state index in [2.05, 4.69) is 5.32 Å². The summed E-state index contributed by atoms with van der Waals surface area (Å²) in [6.45, 7) is 3.66. The van der Waals surface area contributed by atoms with Gasteiger partial charge in [0.15, 0.2) is 6.54 Å². The Labute approximate surface area is 172 Å². The average Bonchev–Trinajstić information content (AvgIpc) is 2.68. The van der Waals surface area contributed by atoms with Crippen LogP contribution in [0.2, 0.25) is 0 Å². The zero-order valence-corrected chi connectivity index (χ0v) is 18.2. The molecule has 0 radical (unpaired) electrons. The van der Waals surface area contributed by atoms with E-state index in [0.29, 0.717) is 18.8 Å². The molecule has 29 heavy (non-hydrogen) atoms. The SMILES string of the molecule is CCOC(=O)[C@@H]1CCC[NH+](CC(=O)Nc2ccc(OC)c(S(=O)(=O)N(C)C)c2)C1. The molecule has 0 aliphatic carbocycles. The number of anilines is 1. The summed E-state index contributed by atoms with van der Waals surface area (Å²) >= 11 is 0. The minimum Gasteiger partial charge on any atom is -0.495 e. The van der Waals surface area contributed by atoms with E-state index in [1.54, 1.807) is 13.0 Å². The van der Waals surface area contributed by atoms with Gasteiger partial charge in [0.1, 0.15) is 16.6 Å². The number of carbonyl (C=O) groups is 2. The van der Waals surface area contributed by atoms with Crippen LogP contribution in [0.25, 0.3) is 0 Å². The summed E-state index contributed by atoms with van der Waals surface area (Å²) in [6, 6.07) is 4.49. The van der Waals surface area contributed by atoms with Crippen molar-refractivity contribution in [2.75, 3.05) is 52.8 Å². The van der Waals surface area contributed by atoms with Crippen molar-refractivity contribution in [3.05, 3.63) is 18.2 Å². The highest BCUT2D eigenvalue weighted by atomic mass is 32.2. The van der Waals surface area contributed by atoms with Crippen molar-refractivity contribution in [1.29, 1.82) is 0 Å². The summed E-state index contributed by atoms with van der Waals surface area (Å²) in [6.07, 6.45) is 1.62. The van der Waals surface area contributed by atoms with Crippen LogP contribution in [0.1, 0.15) is 19.8 Å². The van der Waals surface area contributed by atoms with Gasteiger partial charge in [-0.3, -0.25) is 9.59 Å². The summed E-state index contributed by atoms with van der Waals surface area (Å²) in [5.74, 6) is -0.443.